The van der Waals surface area contributed by atoms with Crippen LogP contribution in [0, 0.1) is 17.8 Å². The summed E-state index contributed by atoms with van der Waals surface area (Å²) in [6.07, 6.45) is 13.9. The number of carbonyl (C=O) groups excluding carboxylic acids is 2. The largest absolute Gasteiger partial charge is 0.386 e. The lowest BCUT2D eigenvalue weighted by Crippen LogP contribution is -2.23. The van der Waals surface area contributed by atoms with E-state index in [1.807, 2.05) is 0 Å². The zero-order valence-electron chi connectivity index (χ0n) is 22.3. The molecule has 188 valence electrons. The zero-order valence-corrected chi connectivity index (χ0v) is 22.3. The van der Waals surface area contributed by atoms with Crippen LogP contribution in [0.4, 0.5) is 0 Å². The maximum atomic E-state index is 12.9. The molecule has 0 bridgehead atoms. The lowest BCUT2D eigenvalue weighted by molar-refractivity contribution is 0.0957. The topological polar surface area (TPSA) is 54.4 Å². The van der Waals surface area contributed by atoms with E-state index in [2.05, 4.69) is 27.7 Å². The van der Waals surface area contributed by atoms with Crippen LogP contribution >= 0.6 is 0 Å². The highest BCUT2D eigenvalue weighted by molar-refractivity contribution is 6.27. The first-order valence-corrected chi connectivity index (χ1v) is 13.3. The van der Waals surface area contributed by atoms with E-state index in [4.69, 9.17) is 0 Å². The molecular formula is C31H46O3. The Morgan fingerprint density at radius 2 is 1.32 bits per heavy atom. The van der Waals surface area contributed by atoms with Gasteiger partial charge in [0.15, 0.2) is 11.6 Å². The van der Waals surface area contributed by atoms with Gasteiger partial charge in [0.05, 0.1) is 5.60 Å². The van der Waals surface area contributed by atoms with Crippen LogP contribution in [0.25, 0.3) is 0 Å². The summed E-state index contributed by atoms with van der Waals surface area (Å²) in [5, 5.41) is 10.9. The number of rotatable bonds is 14. The Morgan fingerprint density at radius 3 is 1.88 bits per heavy atom. The quantitative estimate of drug-likeness (QED) is 0.301. The summed E-state index contributed by atoms with van der Waals surface area (Å²) in [5.41, 5.74) is 0.745. The van der Waals surface area contributed by atoms with Crippen LogP contribution in [0.1, 0.15) is 120 Å². The van der Waals surface area contributed by atoms with Crippen molar-refractivity contribution >= 4 is 11.6 Å². The van der Waals surface area contributed by atoms with Crippen molar-refractivity contribution in [2.75, 3.05) is 0 Å². The van der Waals surface area contributed by atoms with E-state index in [1.54, 1.807) is 50.3 Å². The minimum Gasteiger partial charge on any atom is -0.386 e. The molecule has 0 saturated heterocycles. The first kappa shape index (κ1) is 28.2. The molecule has 34 heavy (non-hydrogen) atoms. The molecule has 3 unspecified atom stereocenters. The average molecular weight is 467 g/mol. The van der Waals surface area contributed by atoms with E-state index in [9.17, 15) is 14.7 Å². The third-order valence-corrected chi connectivity index (χ3v) is 7.27. The van der Waals surface area contributed by atoms with Gasteiger partial charge in [-0.15, -0.1) is 0 Å². The van der Waals surface area contributed by atoms with Gasteiger partial charge in [-0.1, -0.05) is 115 Å². The second-order valence-corrected chi connectivity index (χ2v) is 11.3. The van der Waals surface area contributed by atoms with Gasteiger partial charge in [0.2, 0.25) is 0 Å². The van der Waals surface area contributed by atoms with Gasteiger partial charge in [0, 0.05) is 22.3 Å². The summed E-state index contributed by atoms with van der Waals surface area (Å²) in [4.78, 5) is 25.5. The Kier molecular flexibility index (Phi) is 11.0. The number of hydrogen-bond donors (Lipinski definition) is 1. The number of ketones is 2. The minimum atomic E-state index is -1.00. The smallest absolute Gasteiger partial charge is 0.194 e. The first-order chi connectivity index (χ1) is 16.0. The third-order valence-electron chi connectivity index (χ3n) is 7.27. The third kappa shape index (κ3) is 8.65. The van der Waals surface area contributed by atoms with Crippen molar-refractivity contribution in [3.63, 3.8) is 0 Å². The molecular weight excluding hydrogens is 420 g/mol. The fourth-order valence-electron chi connectivity index (χ4n) is 4.85. The first-order valence-electron chi connectivity index (χ1n) is 13.3. The Morgan fingerprint density at radius 1 is 0.824 bits per heavy atom. The molecule has 1 aromatic carbocycles. The molecule has 0 heterocycles. The molecule has 0 amide bonds. The van der Waals surface area contributed by atoms with Crippen LogP contribution < -0.4 is 0 Å². The van der Waals surface area contributed by atoms with Crippen LogP contribution in [0.5, 0.6) is 0 Å². The fraction of sp³-hybridized carbons (Fsp3) is 0.613. The summed E-state index contributed by atoms with van der Waals surface area (Å²) >= 11 is 0. The molecule has 3 atom stereocenters. The van der Waals surface area contributed by atoms with Gasteiger partial charge >= 0.3 is 0 Å². The predicted octanol–water partition coefficient (Wildman–Crippen LogP) is 8.13. The van der Waals surface area contributed by atoms with Gasteiger partial charge in [0.1, 0.15) is 0 Å². The molecule has 1 aliphatic carbocycles. The number of Topliss-reactive ketones (excluding diaryl/α,β-unsaturated/α-hetero) is 2. The molecule has 0 aromatic heterocycles. The van der Waals surface area contributed by atoms with E-state index in [1.165, 1.54) is 38.5 Å². The second-order valence-electron chi connectivity index (χ2n) is 11.3. The lowest BCUT2D eigenvalue weighted by Gasteiger charge is -2.22. The number of allylic oxidation sites excluding steroid dienone is 3. The van der Waals surface area contributed by atoms with Crippen LogP contribution in [0.2, 0.25) is 0 Å². The van der Waals surface area contributed by atoms with Crippen molar-refractivity contribution in [1.82, 2.24) is 0 Å². The summed E-state index contributed by atoms with van der Waals surface area (Å²) < 4.78 is 0. The standard InChI is InChI=1S/C31H46O3/c1-22(2)12-9-13-23(3)14-10-15-24(4)16-11-20-31(6,34)21-19-26-25(5)29(32)27-17-7-8-18-28(27)30(26)33/h7-8,17-19,21-24,34H,9-16,20H2,1-6H3/b21-19+. The molecule has 0 fully saturated rings. The highest BCUT2D eigenvalue weighted by Gasteiger charge is 2.28. The number of fused-ring (bicyclic) bond motifs is 1. The minimum absolute atomic E-state index is 0.113. The second kappa shape index (κ2) is 13.2. The van der Waals surface area contributed by atoms with Crippen LogP contribution in [0.15, 0.2) is 47.6 Å². The van der Waals surface area contributed by atoms with Crippen LogP contribution in [0.3, 0.4) is 0 Å². The van der Waals surface area contributed by atoms with Crippen molar-refractivity contribution in [3.8, 4) is 0 Å². The van der Waals surface area contributed by atoms with Crippen LogP contribution in [-0.4, -0.2) is 22.3 Å². The Labute approximate surface area is 207 Å². The molecule has 0 spiro atoms. The zero-order chi connectivity index (χ0) is 25.3. The lowest BCUT2D eigenvalue weighted by atomic mass is 9.83. The Hall–Kier alpha value is -2.00. The molecule has 1 N–H and O–H groups in total. The summed E-state index contributed by atoms with van der Waals surface area (Å²) in [6, 6.07) is 6.95. The highest BCUT2D eigenvalue weighted by Crippen LogP contribution is 2.28. The Bertz CT molecular complexity index is 888. The molecule has 3 heteroatoms. The van der Waals surface area contributed by atoms with Gasteiger partial charge in [-0.05, 0) is 38.0 Å². The molecule has 1 aromatic rings. The van der Waals surface area contributed by atoms with Gasteiger partial charge in [-0.3, -0.25) is 9.59 Å². The summed E-state index contributed by atoms with van der Waals surface area (Å²) in [6.45, 7) is 12.8. The van der Waals surface area contributed by atoms with E-state index in [-0.39, 0.29) is 11.6 Å². The van der Waals surface area contributed by atoms with Gasteiger partial charge in [0.25, 0.3) is 0 Å². The maximum Gasteiger partial charge on any atom is 0.194 e. The van der Waals surface area contributed by atoms with Gasteiger partial charge < -0.3 is 5.11 Å². The molecule has 0 aliphatic heterocycles. The van der Waals surface area contributed by atoms with Crippen molar-refractivity contribution < 1.29 is 14.7 Å². The Balaban J connectivity index is 1.77. The van der Waals surface area contributed by atoms with Crippen molar-refractivity contribution in [3.05, 3.63) is 58.7 Å². The molecule has 0 radical (unpaired) electrons. The highest BCUT2D eigenvalue weighted by atomic mass is 16.3. The monoisotopic (exact) mass is 466 g/mol. The van der Waals surface area contributed by atoms with Crippen molar-refractivity contribution in [2.24, 2.45) is 17.8 Å². The normalized spacial score (nSPS) is 17.9. The van der Waals surface area contributed by atoms with Gasteiger partial charge in [-0.2, -0.15) is 0 Å². The van der Waals surface area contributed by atoms with Crippen molar-refractivity contribution in [2.45, 2.75) is 105 Å². The molecule has 2 rings (SSSR count). The SMILES string of the molecule is CC1=C(/C=C/C(C)(O)CCCC(C)CCCC(C)CCCC(C)C)C(=O)c2ccccc2C1=O. The molecule has 0 saturated carbocycles. The maximum absolute atomic E-state index is 12.9. The summed E-state index contributed by atoms with van der Waals surface area (Å²) in [7, 11) is 0. The van der Waals surface area contributed by atoms with Gasteiger partial charge in [-0.25, -0.2) is 0 Å². The number of carbonyl (C=O) groups is 2. The number of hydrogen-bond acceptors (Lipinski definition) is 3. The number of benzene rings is 1. The summed E-state index contributed by atoms with van der Waals surface area (Å²) in [5.74, 6) is 2.02. The van der Waals surface area contributed by atoms with E-state index < -0.39 is 5.60 Å². The average Bonchev–Trinajstić information content (AvgIpc) is 2.77. The van der Waals surface area contributed by atoms with E-state index in [0.29, 0.717) is 34.6 Å². The fourth-order valence-corrected chi connectivity index (χ4v) is 4.85. The van der Waals surface area contributed by atoms with E-state index in [0.717, 1.165) is 24.7 Å². The number of aliphatic hydroxyl groups is 1. The molecule has 1 aliphatic rings. The van der Waals surface area contributed by atoms with Crippen molar-refractivity contribution in [1.29, 1.82) is 0 Å². The van der Waals surface area contributed by atoms with E-state index >= 15 is 0 Å². The van der Waals surface area contributed by atoms with Crippen LogP contribution in [-0.2, 0) is 0 Å². The predicted molar refractivity (Wildman–Crippen MR) is 142 cm³/mol. The molecule has 3 nitrogen and oxygen atoms in total.